The first-order valence-corrected chi connectivity index (χ1v) is 5.70. The molecule has 0 aliphatic rings. The fourth-order valence-electron chi connectivity index (χ4n) is 1.48. The number of anilines is 1. The van der Waals surface area contributed by atoms with Gasteiger partial charge in [0.2, 0.25) is 0 Å². The van der Waals surface area contributed by atoms with Crippen molar-refractivity contribution in [2.24, 2.45) is 0 Å². The maximum absolute atomic E-state index is 12.5. The third-order valence-electron chi connectivity index (χ3n) is 2.36. The van der Waals surface area contributed by atoms with Crippen LogP contribution in [-0.2, 0) is 12.7 Å². The topological polar surface area (TPSA) is 37.8 Å². The van der Waals surface area contributed by atoms with Crippen LogP contribution in [0.3, 0.4) is 0 Å². The van der Waals surface area contributed by atoms with Crippen molar-refractivity contribution in [3.8, 4) is 0 Å². The first-order valence-electron chi connectivity index (χ1n) is 5.33. The quantitative estimate of drug-likeness (QED) is 0.874. The van der Waals surface area contributed by atoms with Gasteiger partial charge in [0.15, 0.2) is 0 Å². The highest BCUT2D eigenvalue weighted by atomic mass is 35.5. The van der Waals surface area contributed by atoms with Gasteiger partial charge in [-0.2, -0.15) is 13.2 Å². The van der Waals surface area contributed by atoms with Crippen LogP contribution < -0.4 is 5.32 Å². The van der Waals surface area contributed by atoms with Gasteiger partial charge in [0, 0.05) is 12.6 Å². The molecule has 2 rings (SSSR count). The highest BCUT2D eigenvalue weighted by molar-refractivity contribution is 6.29. The number of hydrogen-bond acceptors (Lipinski definition) is 3. The Hall–Kier alpha value is -1.82. The third-order valence-corrected chi connectivity index (χ3v) is 2.57. The van der Waals surface area contributed by atoms with Gasteiger partial charge in [-0.05, 0) is 17.7 Å². The van der Waals surface area contributed by atoms with Crippen molar-refractivity contribution in [2.75, 3.05) is 5.32 Å². The number of nitrogens with zero attached hydrogens (tertiary/aromatic N) is 2. The Labute approximate surface area is 112 Å². The Morgan fingerprint density at radius 2 is 1.95 bits per heavy atom. The molecule has 7 heteroatoms. The summed E-state index contributed by atoms with van der Waals surface area (Å²) in [5.41, 5.74) is -0.169. The number of benzene rings is 1. The minimum absolute atomic E-state index is 0.220. The summed E-state index contributed by atoms with van der Waals surface area (Å²) in [6.07, 6.45) is -3.06. The lowest BCUT2D eigenvalue weighted by Gasteiger charge is -2.09. The zero-order chi connectivity index (χ0) is 13.9. The molecule has 0 fully saturated rings. The molecule has 0 saturated carbocycles. The van der Waals surface area contributed by atoms with Gasteiger partial charge in [-0.15, -0.1) is 0 Å². The molecule has 0 radical (unpaired) electrons. The molecule has 0 bridgehead atoms. The normalized spacial score (nSPS) is 11.4. The van der Waals surface area contributed by atoms with Gasteiger partial charge < -0.3 is 5.32 Å². The molecule has 100 valence electrons. The summed E-state index contributed by atoms with van der Waals surface area (Å²) in [7, 11) is 0. The van der Waals surface area contributed by atoms with E-state index in [0.717, 1.165) is 12.1 Å². The fraction of sp³-hybridized carbons (Fsp3) is 0.167. The highest BCUT2D eigenvalue weighted by Gasteiger charge is 2.30. The van der Waals surface area contributed by atoms with E-state index in [0.29, 0.717) is 11.4 Å². The molecule has 0 aliphatic carbocycles. The second-order valence-corrected chi connectivity index (χ2v) is 4.16. The molecule has 1 heterocycles. The molecule has 1 N–H and O–H groups in total. The van der Waals surface area contributed by atoms with Crippen LogP contribution in [0.2, 0.25) is 5.15 Å². The van der Waals surface area contributed by atoms with Crippen LogP contribution in [0.5, 0.6) is 0 Å². The summed E-state index contributed by atoms with van der Waals surface area (Å²) in [5, 5.41) is 3.14. The molecular weight excluding hydrogens is 279 g/mol. The van der Waals surface area contributed by atoms with Crippen LogP contribution >= 0.6 is 11.6 Å². The van der Waals surface area contributed by atoms with E-state index >= 15 is 0 Å². The predicted molar refractivity (Wildman–Crippen MR) is 65.8 cm³/mol. The molecule has 0 saturated heterocycles. The van der Waals surface area contributed by atoms with Crippen molar-refractivity contribution in [1.29, 1.82) is 0 Å². The lowest BCUT2D eigenvalue weighted by atomic mass is 10.1. The standard InChI is InChI=1S/C12H9ClF3N3/c13-10-5-11(19-7-18-10)17-6-8-2-1-3-9(4-8)12(14,15)16/h1-5,7H,6H2,(H,17,18,19). The van der Waals surface area contributed by atoms with Gasteiger partial charge in [0.05, 0.1) is 5.56 Å². The summed E-state index contributed by atoms with van der Waals surface area (Å²) < 4.78 is 37.6. The van der Waals surface area contributed by atoms with E-state index < -0.39 is 11.7 Å². The first kappa shape index (κ1) is 13.6. The average Bonchev–Trinajstić information content (AvgIpc) is 2.36. The van der Waals surface area contributed by atoms with Gasteiger partial charge in [-0.3, -0.25) is 0 Å². The third kappa shape index (κ3) is 3.82. The van der Waals surface area contributed by atoms with Crippen molar-refractivity contribution in [1.82, 2.24) is 9.97 Å². The first-order chi connectivity index (χ1) is 8.95. The van der Waals surface area contributed by atoms with Gasteiger partial charge in [-0.1, -0.05) is 23.7 Å². The van der Waals surface area contributed by atoms with E-state index in [-0.39, 0.29) is 11.7 Å². The molecule has 3 nitrogen and oxygen atoms in total. The van der Waals surface area contributed by atoms with Crippen molar-refractivity contribution in [3.05, 3.63) is 52.9 Å². The lowest BCUT2D eigenvalue weighted by molar-refractivity contribution is -0.137. The minimum Gasteiger partial charge on any atom is -0.366 e. The lowest BCUT2D eigenvalue weighted by Crippen LogP contribution is -2.07. The average molecular weight is 288 g/mol. The van der Waals surface area contributed by atoms with Crippen LogP contribution in [0.15, 0.2) is 36.7 Å². The van der Waals surface area contributed by atoms with Crippen molar-refractivity contribution >= 4 is 17.4 Å². The summed E-state index contributed by atoms with van der Waals surface area (Å²) in [6.45, 7) is 0.220. The molecule has 1 aromatic heterocycles. The second-order valence-electron chi connectivity index (χ2n) is 3.78. The van der Waals surface area contributed by atoms with Gasteiger partial charge in [0.1, 0.15) is 17.3 Å². The number of rotatable bonds is 3. The van der Waals surface area contributed by atoms with E-state index in [2.05, 4.69) is 15.3 Å². The molecule has 2 aromatic rings. The summed E-state index contributed by atoms with van der Waals surface area (Å²) >= 11 is 5.67. The molecule has 0 spiro atoms. The molecule has 0 atom stereocenters. The Morgan fingerprint density at radius 3 is 2.63 bits per heavy atom. The van der Waals surface area contributed by atoms with Gasteiger partial charge in [0.25, 0.3) is 0 Å². The number of aromatic nitrogens is 2. The van der Waals surface area contributed by atoms with Gasteiger partial charge in [-0.25, -0.2) is 9.97 Å². The molecular formula is C12H9ClF3N3. The molecule has 0 amide bonds. The SMILES string of the molecule is FC(F)(F)c1cccc(CNc2cc(Cl)ncn2)c1. The second kappa shape index (κ2) is 5.44. The zero-order valence-corrected chi connectivity index (χ0v) is 10.3. The van der Waals surface area contributed by atoms with E-state index in [4.69, 9.17) is 11.6 Å². The van der Waals surface area contributed by atoms with Crippen molar-refractivity contribution in [3.63, 3.8) is 0 Å². The maximum atomic E-state index is 12.5. The van der Waals surface area contributed by atoms with Crippen LogP contribution in [0.4, 0.5) is 19.0 Å². The number of halogens is 4. The number of alkyl halides is 3. The van der Waals surface area contributed by atoms with Crippen LogP contribution in [0, 0.1) is 0 Å². The fourth-order valence-corrected chi connectivity index (χ4v) is 1.63. The van der Waals surface area contributed by atoms with Crippen LogP contribution in [0.25, 0.3) is 0 Å². The monoisotopic (exact) mass is 287 g/mol. The summed E-state index contributed by atoms with van der Waals surface area (Å²) in [5.74, 6) is 0.456. The van der Waals surface area contributed by atoms with E-state index in [1.54, 1.807) is 6.07 Å². The Morgan fingerprint density at radius 1 is 1.16 bits per heavy atom. The van der Waals surface area contributed by atoms with Crippen LogP contribution in [-0.4, -0.2) is 9.97 Å². The largest absolute Gasteiger partial charge is 0.416 e. The highest BCUT2D eigenvalue weighted by Crippen LogP contribution is 2.29. The van der Waals surface area contributed by atoms with Crippen molar-refractivity contribution in [2.45, 2.75) is 12.7 Å². The number of hydrogen-bond donors (Lipinski definition) is 1. The van der Waals surface area contributed by atoms with E-state index in [9.17, 15) is 13.2 Å². The van der Waals surface area contributed by atoms with E-state index in [1.165, 1.54) is 18.5 Å². The van der Waals surface area contributed by atoms with E-state index in [1.807, 2.05) is 0 Å². The number of nitrogens with one attached hydrogen (secondary N) is 1. The zero-order valence-electron chi connectivity index (χ0n) is 9.58. The Kier molecular flexibility index (Phi) is 3.90. The molecule has 0 unspecified atom stereocenters. The van der Waals surface area contributed by atoms with Crippen LogP contribution in [0.1, 0.15) is 11.1 Å². The predicted octanol–water partition coefficient (Wildman–Crippen LogP) is 3.76. The molecule has 19 heavy (non-hydrogen) atoms. The maximum Gasteiger partial charge on any atom is 0.416 e. The molecule has 1 aromatic carbocycles. The summed E-state index contributed by atoms with van der Waals surface area (Å²) in [4.78, 5) is 7.60. The Bertz CT molecular complexity index is 572. The van der Waals surface area contributed by atoms with Gasteiger partial charge >= 0.3 is 6.18 Å². The smallest absolute Gasteiger partial charge is 0.366 e. The summed E-state index contributed by atoms with van der Waals surface area (Å²) in [6, 6.07) is 6.59. The minimum atomic E-state index is -4.34. The van der Waals surface area contributed by atoms with Crippen molar-refractivity contribution < 1.29 is 13.2 Å². The Balaban J connectivity index is 2.08. The molecule has 0 aliphatic heterocycles.